The van der Waals surface area contributed by atoms with Crippen molar-refractivity contribution in [3.05, 3.63) is 41.8 Å². The minimum atomic E-state index is -3.69. The Hall–Kier alpha value is -1.55. The number of piperidine rings is 1. The van der Waals surface area contributed by atoms with E-state index in [1.54, 1.807) is 0 Å². The lowest BCUT2D eigenvalue weighted by molar-refractivity contribution is 0.263. The van der Waals surface area contributed by atoms with Crippen molar-refractivity contribution in [3.8, 4) is 0 Å². The minimum absolute atomic E-state index is 0. The summed E-state index contributed by atoms with van der Waals surface area (Å²) >= 11 is 0. The molecule has 1 aliphatic heterocycles. The van der Waals surface area contributed by atoms with Gasteiger partial charge in [0.2, 0.25) is 15.9 Å². The molecule has 1 aliphatic carbocycles. The number of aromatic nitrogens is 2. The van der Waals surface area contributed by atoms with Crippen LogP contribution in [-0.4, -0.2) is 36.0 Å². The Kier molecular flexibility index (Phi) is 6.09. The summed E-state index contributed by atoms with van der Waals surface area (Å²) in [6, 6.07) is 4.89. The number of nitrogens with two attached hydrogens (primary N) is 1. The van der Waals surface area contributed by atoms with Crippen molar-refractivity contribution in [3.63, 3.8) is 0 Å². The maximum atomic E-state index is 13.1. The zero-order valence-corrected chi connectivity index (χ0v) is 17.0. The van der Waals surface area contributed by atoms with Crippen LogP contribution in [0.4, 0.5) is 4.39 Å². The molecule has 0 amide bonds. The summed E-state index contributed by atoms with van der Waals surface area (Å²) < 4.78 is 45.7. The van der Waals surface area contributed by atoms with Crippen LogP contribution in [0.1, 0.15) is 56.2 Å². The van der Waals surface area contributed by atoms with Gasteiger partial charge in [0.15, 0.2) is 5.82 Å². The molecular weight excluding hydrogens is 407 g/mol. The van der Waals surface area contributed by atoms with E-state index in [4.69, 9.17) is 10.3 Å². The summed E-state index contributed by atoms with van der Waals surface area (Å²) in [5.41, 5.74) is 5.85. The van der Waals surface area contributed by atoms with Gasteiger partial charge in [0.05, 0.1) is 16.4 Å². The molecule has 0 radical (unpaired) electrons. The lowest BCUT2D eigenvalue weighted by atomic mass is 9.97. The zero-order chi connectivity index (χ0) is 19.1. The van der Waals surface area contributed by atoms with E-state index in [0.29, 0.717) is 24.7 Å². The van der Waals surface area contributed by atoms with E-state index in [1.165, 1.54) is 16.4 Å². The first-order valence-electron chi connectivity index (χ1n) is 9.27. The fourth-order valence-electron chi connectivity index (χ4n) is 3.95. The smallest absolute Gasteiger partial charge is 0.243 e. The number of rotatable bonds is 4. The van der Waals surface area contributed by atoms with E-state index < -0.39 is 21.4 Å². The molecule has 2 fully saturated rings. The number of hydrogen-bond acceptors (Lipinski definition) is 6. The predicted octanol–water partition coefficient (Wildman–Crippen LogP) is 2.93. The first-order chi connectivity index (χ1) is 12.9. The van der Waals surface area contributed by atoms with Crippen LogP contribution in [0.15, 0.2) is 33.7 Å². The molecule has 28 heavy (non-hydrogen) atoms. The van der Waals surface area contributed by atoms with E-state index in [-0.39, 0.29) is 29.8 Å². The molecule has 1 saturated heterocycles. The quantitative estimate of drug-likeness (QED) is 0.799. The van der Waals surface area contributed by atoms with Crippen molar-refractivity contribution >= 4 is 22.4 Å². The largest absolute Gasteiger partial charge is 0.339 e. The second-order valence-electron chi connectivity index (χ2n) is 7.48. The number of nitrogens with zero attached hydrogens (tertiary/aromatic N) is 3. The highest BCUT2D eigenvalue weighted by molar-refractivity contribution is 7.89. The average Bonchev–Trinajstić information content (AvgIpc) is 3.32. The van der Waals surface area contributed by atoms with Gasteiger partial charge in [-0.2, -0.15) is 9.29 Å². The molecule has 154 valence electrons. The van der Waals surface area contributed by atoms with Crippen molar-refractivity contribution in [1.29, 1.82) is 0 Å². The van der Waals surface area contributed by atoms with E-state index in [1.807, 2.05) is 0 Å². The number of hydrogen-bond donors (Lipinski definition) is 1. The summed E-state index contributed by atoms with van der Waals surface area (Å²) in [4.78, 5) is 4.60. The molecule has 1 saturated carbocycles. The molecule has 2 heterocycles. The Morgan fingerprint density at radius 1 is 1.18 bits per heavy atom. The monoisotopic (exact) mass is 430 g/mol. The Bertz CT molecular complexity index is 913. The van der Waals surface area contributed by atoms with Crippen LogP contribution in [0.25, 0.3) is 0 Å². The first-order valence-corrected chi connectivity index (χ1v) is 10.7. The van der Waals surface area contributed by atoms with E-state index in [9.17, 15) is 12.8 Å². The molecule has 4 rings (SSSR count). The Morgan fingerprint density at radius 3 is 2.54 bits per heavy atom. The van der Waals surface area contributed by atoms with Crippen molar-refractivity contribution in [2.75, 3.05) is 13.1 Å². The van der Waals surface area contributed by atoms with Crippen LogP contribution in [0, 0.1) is 5.82 Å². The fourth-order valence-corrected chi connectivity index (χ4v) is 5.47. The van der Waals surface area contributed by atoms with Crippen LogP contribution in [0.2, 0.25) is 0 Å². The maximum Gasteiger partial charge on any atom is 0.243 e. The predicted molar refractivity (Wildman–Crippen MR) is 103 cm³/mol. The Morgan fingerprint density at radius 2 is 1.86 bits per heavy atom. The molecule has 10 heteroatoms. The molecule has 2 aromatic rings. The lowest BCUT2D eigenvalue weighted by Crippen LogP contribution is -2.39. The highest BCUT2D eigenvalue weighted by Crippen LogP contribution is 2.36. The molecule has 0 bridgehead atoms. The number of halogens is 2. The highest BCUT2D eigenvalue weighted by atomic mass is 35.5. The third kappa shape index (κ3) is 3.94. The van der Waals surface area contributed by atoms with Gasteiger partial charge in [0.1, 0.15) is 5.82 Å². The van der Waals surface area contributed by atoms with Gasteiger partial charge in [-0.25, -0.2) is 12.8 Å². The van der Waals surface area contributed by atoms with Gasteiger partial charge >= 0.3 is 0 Å². The Balaban J connectivity index is 0.00000225. The molecular formula is C18H24ClFN4O3S. The average molecular weight is 431 g/mol. The molecule has 1 aromatic carbocycles. The van der Waals surface area contributed by atoms with E-state index in [2.05, 4.69) is 10.1 Å². The molecule has 2 N–H and O–H groups in total. The van der Waals surface area contributed by atoms with Gasteiger partial charge in [-0.05, 0) is 49.9 Å². The van der Waals surface area contributed by atoms with E-state index >= 15 is 0 Å². The minimum Gasteiger partial charge on any atom is -0.339 e. The molecule has 1 atom stereocenters. The second kappa shape index (κ2) is 8.06. The third-order valence-electron chi connectivity index (χ3n) is 5.57. The summed E-state index contributed by atoms with van der Waals surface area (Å²) in [5.74, 6) is 0.334. The van der Waals surface area contributed by atoms with Crippen molar-refractivity contribution in [2.45, 2.75) is 54.9 Å². The summed E-state index contributed by atoms with van der Waals surface area (Å²) in [6.45, 7) is 0.678. The van der Waals surface area contributed by atoms with Crippen molar-refractivity contribution < 1.29 is 17.3 Å². The van der Waals surface area contributed by atoms with Gasteiger partial charge in [0, 0.05) is 13.1 Å². The molecule has 2 aliphatic rings. The zero-order valence-electron chi connectivity index (χ0n) is 15.4. The maximum absolute atomic E-state index is 13.1. The molecule has 1 aromatic heterocycles. The van der Waals surface area contributed by atoms with E-state index in [0.717, 1.165) is 44.2 Å². The topological polar surface area (TPSA) is 102 Å². The van der Waals surface area contributed by atoms with Crippen molar-refractivity contribution in [2.24, 2.45) is 5.73 Å². The van der Waals surface area contributed by atoms with Gasteiger partial charge in [-0.1, -0.05) is 18.0 Å². The molecule has 0 spiro atoms. The highest BCUT2D eigenvalue weighted by Gasteiger charge is 2.38. The van der Waals surface area contributed by atoms with Crippen LogP contribution in [0.3, 0.4) is 0 Å². The molecule has 7 nitrogen and oxygen atoms in total. The number of sulfonamides is 1. The van der Waals surface area contributed by atoms with Crippen LogP contribution in [-0.2, 0) is 15.6 Å². The van der Waals surface area contributed by atoms with Crippen molar-refractivity contribution in [1.82, 2.24) is 14.4 Å². The third-order valence-corrected chi connectivity index (χ3v) is 7.45. The molecule has 1 unspecified atom stereocenters. The first kappa shape index (κ1) is 21.2. The van der Waals surface area contributed by atoms with Gasteiger partial charge < -0.3 is 10.3 Å². The summed E-state index contributed by atoms with van der Waals surface area (Å²) in [7, 11) is -3.69. The van der Waals surface area contributed by atoms with Crippen LogP contribution in [0.5, 0.6) is 0 Å². The van der Waals surface area contributed by atoms with Gasteiger partial charge in [-0.3, -0.25) is 0 Å². The Labute approximate surface area is 169 Å². The summed E-state index contributed by atoms with van der Waals surface area (Å²) in [6.07, 6.45) is 5.23. The lowest BCUT2D eigenvalue weighted by Gasteiger charge is -2.30. The fraction of sp³-hybridized carbons (Fsp3) is 0.556. The standard InChI is InChI=1S/C18H23FN4O3S.ClH/c19-14-5-7-15(8-6-14)27(24,25)23-11-3-4-13(12-23)16-21-17(22-26-16)18(20)9-1-2-10-18;/h5-8,13H,1-4,9-12,20H2;1H. The van der Waals surface area contributed by atoms with Crippen LogP contribution < -0.4 is 5.73 Å². The summed E-state index contributed by atoms with van der Waals surface area (Å²) in [5, 5.41) is 4.08. The number of benzene rings is 1. The van der Waals surface area contributed by atoms with Gasteiger partial charge in [0.25, 0.3) is 0 Å². The normalized spacial score (nSPS) is 22.7. The second-order valence-corrected chi connectivity index (χ2v) is 9.41. The van der Waals surface area contributed by atoms with Crippen LogP contribution >= 0.6 is 12.4 Å². The van der Waals surface area contributed by atoms with Gasteiger partial charge in [-0.15, -0.1) is 12.4 Å². The SMILES string of the molecule is Cl.NC1(c2noc(C3CCCN(S(=O)(=O)c4ccc(F)cc4)C3)n2)CCCC1.